The number of hydrogen-bond donors (Lipinski definition) is 5. The van der Waals surface area contributed by atoms with Crippen molar-refractivity contribution in [3.8, 4) is 0 Å². The van der Waals surface area contributed by atoms with Gasteiger partial charge in [0.05, 0.1) is 6.61 Å². The van der Waals surface area contributed by atoms with Gasteiger partial charge in [0.15, 0.2) is 6.29 Å². The summed E-state index contributed by atoms with van der Waals surface area (Å²) in [5.41, 5.74) is 0. The fraction of sp³-hybridized carbons (Fsp3) is 0.833. The van der Waals surface area contributed by atoms with Gasteiger partial charge in [-0.05, 0) is 0 Å². The van der Waals surface area contributed by atoms with Crippen molar-refractivity contribution in [2.75, 3.05) is 6.61 Å². The molecule has 7 nitrogen and oxygen atoms in total. The molecule has 14 heavy (non-hydrogen) atoms. The Morgan fingerprint density at radius 2 is 1.50 bits per heavy atom. The summed E-state index contributed by atoms with van der Waals surface area (Å²) >= 11 is 2.94. The average Bonchev–Trinajstić information content (AvgIpc) is 2.27. The van der Waals surface area contributed by atoms with Crippen molar-refractivity contribution in [2.24, 2.45) is 0 Å². The van der Waals surface area contributed by atoms with Crippen molar-refractivity contribution in [3.05, 3.63) is 0 Å². The predicted octanol–water partition coefficient (Wildman–Crippen LogP) is -3.50. The third-order valence-corrected chi connectivity index (χ3v) is 1.42. The number of carbonyl (C=O) groups excluding carboxylic acids is 1. The number of aldehydes is 1. The molecule has 8 heteroatoms. The molecule has 0 fully saturated rings. The fourth-order valence-electron chi connectivity index (χ4n) is 0.618. The molecule has 0 unspecified atom stereocenters. The van der Waals surface area contributed by atoms with Crippen LogP contribution >= 0.6 is 0 Å². The van der Waals surface area contributed by atoms with Crippen LogP contribution in [0.25, 0.3) is 0 Å². The number of hydrogen-bond acceptors (Lipinski definition) is 7. The van der Waals surface area contributed by atoms with Gasteiger partial charge in [-0.25, -0.2) is 0 Å². The molecule has 0 amide bonds. The normalized spacial score (nSPS) is 18.5. The van der Waals surface area contributed by atoms with E-state index in [0.717, 1.165) is 0 Å². The van der Waals surface area contributed by atoms with Crippen molar-refractivity contribution in [1.29, 1.82) is 0 Å². The Morgan fingerprint density at radius 1 is 1.07 bits per heavy atom. The maximum absolute atomic E-state index is 9.90. The monoisotopic (exact) mass is 259 g/mol. The van der Waals surface area contributed by atoms with Crippen LogP contribution in [0, 0.1) is 0 Å². The second-order valence-electron chi connectivity index (χ2n) is 2.36. The van der Waals surface area contributed by atoms with Gasteiger partial charge < -0.3 is 30.3 Å². The van der Waals surface area contributed by atoms with Crippen LogP contribution in [0.4, 0.5) is 0 Å². The van der Waals surface area contributed by atoms with Gasteiger partial charge in [-0.15, -0.1) is 0 Å². The van der Waals surface area contributed by atoms with Crippen LogP contribution in [-0.4, -0.2) is 62.8 Å². The van der Waals surface area contributed by atoms with E-state index < -0.39 is 31.0 Å². The molecule has 0 heterocycles. The Labute approximate surface area is 88.0 Å². The van der Waals surface area contributed by atoms with Crippen molar-refractivity contribution in [3.63, 3.8) is 0 Å². The first kappa shape index (κ1) is 16.2. The van der Waals surface area contributed by atoms with Gasteiger partial charge in [0.2, 0.25) is 0 Å². The molecule has 89 valence electrons. The summed E-state index contributed by atoms with van der Waals surface area (Å²) in [7, 11) is 0. The minimum absolute atomic E-state index is 0.0258. The molecule has 4 atom stereocenters. The standard InChI is InChI=1S/C6H12O6.Cu.O/c7-1-3(9)5(11)6(12)4(10)2-8;;/h1,3-6,8-12H,2H2;;/t3-,4+,5+,6+;;/m0../s1. The third kappa shape index (κ3) is 5.51. The first-order chi connectivity index (χ1) is 6.54. The van der Waals surface area contributed by atoms with E-state index in [-0.39, 0.29) is 6.29 Å². The molecule has 0 aliphatic rings. The Bertz CT molecular complexity index is 155. The van der Waals surface area contributed by atoms with Crippen LogP contribution in [0.5, 0.6) is 0 Å². The molecule has 0 aromatic rings. The Hall–Kier alpha value is -0.211. The van der Waals surface area contributed by atoms with Crippen LogP contribution in [-0.2, 0) is 24.6 Å². The van der Waals surface area contributed by atoms with Gasteiger partial charge in [0, 0.05) is 0 Å². The minimum atomic E-state index is -1.79. The van der Waals surface area contributed by atoms with E-state index in [0.29, 0.717) is 0 Å². The van der Waals surface area contributed by atoms with E-state index in [4.69, 9.17) is 29.4 Å². The fourth-order valence-corrected chi connectivity index (χ4v) is 0.618. The van der Waals surface area contributed by atoms with Crippen molar-refractivity contribution >= 4 is 6.29 Å². The summed E-state index contributed by atoms with van der Waals surface area (Å²) < 4.78 is 7.81. The van der Waals surface area contributed by atoms with E-state index in [9.17, 15) is 4.79 Å². The topological polar surface area (TPSA) is 135 Å². The van der Waals surface area contributed by atoms with E-state index in [1.54, 1.807) is 0 Å². The quantitative estimate of drug-likeness (QED) is 0.255. The predicted molar refractivity (Wildman–Crippen MR) is 37.9 cm³/mol. The van der Waals surface area contributed by atoms with Crippen molar-refractivity contribution in [1.82, 2.24) is 0 Å². The number of aliphatic hydroxyl groups is 5. The average molecular weight is 260 g/mol. The molecule has 0 rings (SSSR count). The number of aliphatic hydroxyl groups excluding tert-OH is 5. The molecule has 0 saturated carbocycles. The van der Waals surface area contributed by atoms with Gasteiger partial charge in [-0.2, -0.15) is 0 Å². The van der Waals surface area contributed by atoms with Crippen molar-refractivity contribution < 1.29 is 50.1 Å². The molecule has 0 aliphatic carbocycles. The Kier molecular flexibility index (Phi) is 10.8. The summed E-state index contributed by atoms with van der Waals surface area (Å²) in [6, 6.07) is 0. The molecule has 0 aliphatic heterocycles. The van der Waals surface area contributed by atoms with Crippen LogP contribution in [0.3, 0.4) is 0 Å². The van der Waals surface area contributed by atoms with E-state index in [2.05, 4.69) is 15.9 Å². The zero-order valence-corrected chi connectivity index (χ0v) is 7.89. The van der Waals surface area contributed by atoms with Gasteiger partial charge >= 0.3 is 19.8 Å². The molecule has 0 bridgehead atoms. The summed E-state index contributed by atoms with van der Waals surface area (Å²) in [4.78, 5) is 9.90. The van der Waals surface area contributed by atoms with Gasteiger partial charge in [-0.3, -0.25) is 0 Å². The first-order valence-corrected chi connectivity index (χ1v) is 3.83. The number of carbonyl (C=O) groups is 1. The first-order valence-electron chi connectivity index (χ1n) is 3.45. The second-order valence-corrected chi connectivity index (χ2v) is 2.36. The summed E-state index contributed by atoms with van der Waals surface area (Å²) in [5.74, 6) is 0. The summed E-state index contributed by atoms with van der Waals surface area (Å²) in [5, 5.41) is 43.5. The molecule has 0 radical (unpaired) electrons. The Morgan fingerprint density at radius 3 is 1.79 bits per heavy atom. The third-order valence-electron chi connectivity index (χ3n) is 1.42. The zero-order valence-electron chi connectivity index (χ0n) is 6.95. The SMILES string of the molecule is O=C[C@H](O)[C@@H](O)[C@H](O)[C@H](O)CO.[O]=[Cu]. The number of rotatable bonds is 5. The van der Waals surface area contributed by atoms with Crippen LogP contribution in [0.2, 0.25) is 0 Å². The molecule has 0 aromatic carbocycles. The van der Waals surface area contributed by atoms with E-state index in [1.165, 1.54) is 0 Å². The molecule has 5 N–H and O–H groups in total. The second kappa shape index (κ2) is 9.35. The van der Waals surface area contributed by atoms with Gasteiger partial charge in [0.1, 0.15) is 24.4 Å². The summed E-state index contributed by atoms with van der Waals surface area (Å²) in [6.45, 7) is -0.760. The molecule has 0 aromatic heterocycles. The zero-order chi connectivity index (χ0) is 11.7. The van der Waals surface area contributed by atoms with Crippen LogP contribution in [0.1, 0.15) is 0 Å². The van der Waals surface area contributed by atoms with Crippen LogP contribution in [0.15, 0.2) is 0 Å². The van der Waals surface area contributed by atoms with E-state index in [1.807, 2.05) is 0 Å². The van der Waals surface area contributed by atoms with Gasteiger partial charge in [0.25, 0.3) is 0 Å². The molecular weight excluding hydrogens is 248 g/mol. The van der Waals surface area contributed by atoms with Gasteiger partial charge in [-0.1, -0.05) is 0 Å². The molecule has 0 saturated heterocycles. The molecule has 0 spiro atoms. The maximum atomic E-state index is 9.90. The Balaban J connectivity index is 0. The van der Waals surface area contributed by atoms with Crippen molar-refractivity contribution in [2.45, 2.75) is 24.4 Å². The molecular formula is C6H12CuO7. The van der Waals surface area contributed by atoms with Crippen LogP contribution < -0.4 is 0 Å². The van der Waals surface area contributed by atoms with E-state index >= 15 is 0 Å². The summed E-state index contributed by atoms with van der Waals surface area (Å²) in [6.07, 6.45) is -6.84.